The highest BCUT2D eigenvalue weighted by molar-refractivity contribution is 6.30. The summed E-state index contributed by atoms with van der Waals surface area (Å²) in [5.74, 6) is 0.835. The van der Waals surface area contributed by atoms with Gasteiger partial charge in [-0.3, -0.25) is 9.59 Å². The van der Waals surface area contributed by atoms with E-state index in [2.05, 4.69) is 0 Å². The number of halogens is 1. The van der Waals surface area contributed by atoms with Gasteiger partial charge in [0.05, 0.1) is 6.61 Å². The van der Waals surface area contributed by atoms with Crippen molar-refractivity contribution in [1.29, 1.82) is 0 Å². The van der Waals surface area contributed by atoms with Crippen molar-refractivity contribution in [3.05, 3.63) is 64.2 Å². The molecule has 26 heavy (non-hydrogen) atoms. The molecular weight excluding hydrogens is 352 g/mol. The average molecular weight is 371 g/mol. The van der Waals surface area contributed by atoms with Crippen molar-refractivity contribution in [2.24, 2.45) is 0 Å². The van der Waals surface area contributed by atoms with Gasteiger partial charge in [0.2, 0.25) is 0 Å². The lowest BCUT2D eigenvalue weighted by Gasteiger charge is -2.35. The summed E-state index contributed by atoms with van der Waals surface area (Å²) in [4.78, 5) is 28.9. The van der Waals surface area contributed by atoms with E-state index in [4.69, 9.17) is 16.3 Å². The molecule has 0 bridgehead atoms. The van der Waals surface area contributed by atoms with Crippen molar-refractivity contribution < 1.29 is 14.3 Å². The number of carbonyl (C=O) groups is 2. The van der Waals surface area contributed by atoms with Crippen LogP contribution in [-0.2, 0) is 6.42 Å². The number of ether oxygens (including phenoxy) is 1. The van der Waals surface area contributed by atoms with Gasteiger partial charge in [-0.05, 0) is 42.0 Å². The first kappa shape index (κ1) is 16.9. The Bertz CT molecular complexity index is 860. The Morgan fingerprint density at radius 2 is 1.54 bits per heavy atom. The van der Waals surface area contributed by atoms with E-state index in [0.29, 0.717) is 48.9 Å². The summed E-state index contributed by atoms with van der Waals surface area (Å²) in [7, 11) is 0. The quantitative estimate of drug-likeness (QED) is 0.816. The van der Waals surface area contributed by atoms with Crippen LogP contribution < -0.4 is 4.74 Å². The third kappa shape index (κ3) is 3.27. The van der Waals surface area contributed by atoms with E-state index < -0.39 is 0 Å². The predicted octanol–water partition coefficient (Wildman–Crippen LogP) is 2.87. The second-order valence-corrected chi connectivity index (χ2v) is 6.95. The summed E-state index contributed by atoms with van der Waals surface area (Å²) in [6.45, 7) is 2.77. The van der Waals surface area contributed by atoms with E-state index in [0.717, 1.165) is 17.7 Å². The number of benzene rings is 2. The summed E-state index contributed by atoms with van der Waals surface area (Å²) >= 11 is 5.97. The Morgan fingerprint density at radius 1 is 0.885 bits per heavy atom. The van der Waals surface area contributed by atoms with Crippen LogP contribution in [0.3, 0.4) is 0 Å². The van der Waals surface area contributed by atoms with Crippen LogP contribution in [0.1, 0.15) is 26.3 Å². The van der Waals surface area contributed by atoms with Crippen LogP contribution >= 0.6 is 11.6 Å². The lowest BCUT2D eigenvalue weighted by molar-refractivity contribution is 0.0535. The van der Waals surface area contributed by atoms with Crippen LogP contribution in [-0.4, -0.2) is 54.4 Å². The van der Waals surface area contributed by atoms with Gasteiger partial charge in [0.25, 0.3) is 11.8 Å². The fourth-order valence-corrected chi connectivity index (χ4v) is 3.61. The lowest BCUT2D eigenvalue weighted by Crippen LogP contribution is -2.50. The maximum absolute atomic E-state index is 12.8. The molecule has 0 atom stereocenters. The van der Waals surface area contributed by atoms with Crippen LogP contribution in [0, 0.1) is 0 Å². The van der Waals surface area contributed by atoms with Crippen molar-refractivity contribution >= 4 is 23.4 Å². The standard InChI is InChI=1S/C20H19ClN2O3/c21-17-3-1-2-15(13-17)19(24)22-7-9-23(10-8-22)20(25)16-4-5-18-14(12-16)6-11-26-18/h1-5,12-13H,6-11H2. The summed E-state index contributed by atoms with van der Waals surface area (Å²) in [5, 5.41) is 0.547. The van der Waals surface area contributed by atoms with Crippen LogP contribution in [0.25, 0.3) is 0 Å². The number of amides is 2. The van der Waals surface area contributed by atoms with Gasteiger partial charge in [0, 0.05) is 48.7 Å². The number of fused-ring (bicyclic) bond motifs is 1. The molecule has 4 rings (SSSR count). The summed E-state index contributed by atoms with van der Waals surface area (Å²) in [6, 6.07) is 12.6. The van der Waals surface area contributed by atoms with Crippen LogP contribution in [0.15, 0.2) is 42.5 Å². The van der Waals surface area contributed by atoms with Gasteiger partial charge in [-0.15, -0.1) is 0 Å². The minimum Gasteiger partial charge on any atom is -0.493 e. The van der Waals surface area contributed by atoms with E-state index >= 15 is 0 Å². The highest BCUT2D eigenvalue weighted by Gasteiger charge is 2.26. The van der Waals surface area contributed by atoms with E-state index in [1.54, 1.807) is 34.1 Å². The number of hydrogen-bond acceptors (Lipinski definition) is 3. The molecule has 2 amide bonds. The molecule has 6 heteroatoms. The maximum atomic E-state index is 12.8. The van der Waals surface area contributed by atoms with Crippen molar-refractivity contribution in [3.63, 3.8) is 0 Å². The zero-order valence-corrected chi connectivity index (χ0v) is 15.0. The molecule has 2 aromatic carbocycles. The molecule has 0 unspecified atom stereocenters. The smallest absolute Gasteiger partial charge is 0.254 e. The topological polar surface area (TPSA) is 49.9 Å². The van der Waals surface area contributed by atoms with Crippen molar-refractivity contribution in [1.82, 2.24) is 9.80 Å². The van der Waals surface area contributed by atoms with E-state index in [1.165, 1.54) is 0 Å². The van der Waals surface area contributed by atoms with Crippen LogP contribution in [0.2, 0.25) is 5.02 Å². The molecule has 0 spiro atoms. The number of rotatable bonds is 2. The molecule has 2 aromatic rings. The molecular formula is C20H19ClN2O3. The second kappa shape index (κ2) is 7.00. The molecule has 0 saturated carbocycles. The monoisotopic (exact) mass is 370 g/mol. The van der Waals surface area contributed by atoms with Crippen LogP contribution in [0.5, 0.6) is 5.75 Å². The van der Waals surface area contributed by atoms with E-state index in [9.17, 15) is 9.59 Å². The van der Waals surface area contributed by atoms with E-state index in [-0.39, 0.29) is 11.8 Å². The molecule has 0 radical (unpaired) electrons. The highest BCUT2D eigenvalue weighted by atomic mass is 35.5. The Morgan fingerprint density at radius 3 is 2.19 bits per heavy atom. The molecule has 134 valence electrons. The fraction of sp³-hybridized carbons (Fsp3) is 0.300. The molecule has 0 aliphatic carbocycles. The number of carbonyl (C=O) groups excluding carboxylic acids is 2. The minimum atomic E-state index is -0.0470. The third-order valence-corrected chi connectivity index (χ3v) is 5.10. The maximum Gasteiger partial charge on any atom is 0.254 e. The van der Waals surface area contributed by atoms with Crippen LogP contribution in [0.4, 0.5) is 0 Å². The summed E-state index contributed by atoms with van der Waals surface area (Å²) in [5.41, 5.74) is 2.35. The van der Waals surface area contributed by atoms with Crippen molar-refractivity contribution in [2.45, 2.75) is 6.42 Å². The van der Waals surface area contributed by atoms with Gasteiger partial charge < -0.3 is 14.5 Å². The first-order chi connectivity index (χ1) is 12.6. The number of hydrogen-bond donors (Lipinski definition) is 0. The molecule has 1 saturated heterocycles. The molecule has 2 aliphatic heterocycles. The Balaban J connectivity index is 1.40. The normalized spacial score (nSPS) is 16.2. The largest absolute Gasteiger partial charge is 0.493 e. The third-order valence-electron chi connectivity index (χ3n) is 4.86. The second-order valence-electron chi connectivity index (χ2n) is 6.52. The molecule has 0 N–H and O–H groups in total. The Hall–Kier alpha value is -2.53. The average Bonchev–Trinajstić information content (AvgIpc) is 3.15. The van der Waals surface area contributed by atoms with Crippen molar-refractivity contribution in [3.8, 4) is 5.75 Å². The molecule has 5 nitrogen and oxygen atoms in total. The minimum absolute atomic E-state index is 0.00885. The van der Waals surface area contributed by atoms with Gasteiger partial charge in [-0.25, -0.2) is 0 Å². The highest BCUT2D eigenvalue weighted by Crippen LogP contribution is 2.26. The SMILES string of the molecule is O=C(c1cccc(Cl)c1)N1CCN(C(=O)c2ccc3c(c2)CCO3)CC1. The zero-order valence-electron chi connectivity index (χ0n) is 14.3. The number of nitrogens with zero attached hydrogens (tertiary/aromatic N) is 2. The van der Waals surface area contributed by atoms with Gasteiger partial charge in [0.1, 0.15) is 5.75 Å². The fourth-order valence-electron chi connectivity index (χ4n) is 3.42. The Kier molecular flexibility index (Phi) is 4.55. The lowest BCUT2D eigenvalue weighted by atomic mass is 10.1. The van der Waals surface area contributed by atoms with E-state index in [1.807, 2.05) is 18.2 Å². The first-order valence-electron chi connectivity index (χ1n) is 8.72. The Labute approximate surface area is 157 Å². The zero-order chi connectivity index (χ0) is 18.1. The number of piperazine rings is 1. The van der Waals surface area contributed by atoms with Crippen molar-refractivity contribution in [2.75, 3.05) is 32.8 Å². The van der Waals surface area contributed by atoms with Gasteiger partial charge in [-0.1, -0.05) is 17.7 Å². The first-order valence-corrected chi connectivity index (χ1v) is 9.09. The van der Waals surface area contributed by atoms with Gasteiger partial charge >= 0.3 is 0 Å². The molecule has 2 aliphatic rings. The predicted molar refractivity (Wildman–Crippen MR) is 98.9 cm³/mol. The van der Waals surface area contributed by atoms with Gasteiger partial charge in [-0.2, -0.15) is 0 Å². The summed E-state index contributed by atoms with van der Waals surface area (Å²) in [6.07, 6.45) is 0.846. The summed E-state index contributed by atoms with van der Waals surface area (Å²) < 4.78 is 5.49. The molecule has 1 fully saturated rings. The van der Waals surface area contributed by atoms with Gasteiger partial charge in [0.15, 0.2) is 0 Å². The molecule has 0 aromatic heterocycles. The molecule has 2 heterocycles.